The van der Waals surface area contributed by atoms with Crippen LogP contribution in [-0.2, 0) is 0 Å². The van der Waals surface area contributed by atoms with Crippen molar-refractivity contribution in [2.24, 2.45) is 22.7 Å². The number of unbranched alkanes of at least 4 members (excludes halogenated alkanes) is 1. The first-order valence-corrected chi connectivity index (χ1v) is 10.4. The van der Waals surface area contributed by atoms with E-state index in [4.69, 9.17) is 0 Å². The summed E-state index contributed by atoms with van der Waals surface area (Å²) in [7, 11) is 1.94. The maximum atomic E-state index is 4.55. The minimum absolute atomic E-state index is 0.898. The summed E-state index contributed by atoms with van der Waals surface area (Å²) in [6.07, 6.45) is 11.1. The first-order chi connectivity index (χ1) is 11.8. The zero-order valence-corrected chi connectivity index (χ0v) is 16.0. The topological polar surface area (TPSA) is 30.9 Å². The molecular formula is C20H38N4. The van der Waals surface area contributed by atoms with Crippen LogP contribution in [0.2, 0.25) is 0 Å². The van der Waals surface area contributed by atoms with Crippen LogP contribution < -0.4 is 5.32 Å². The molecule has 1 saturated carbocycles. The van der Waals surface area contributed by atoms with Gasteiger partial charge in [0.1, 0.15) is 0 Å². The summed E-state index contributed by atoms with van der Waals surface area (Å²) >= 11 is 0. The molecule has 1 N–H and O–H groups in total. The van der Waals surface area contributed by atoms with Crippen molar-refractivity contribution in [3.05, 3.63) is 0 Å². The summed E-state index contributed by atoms with van der Waals surface area (Å²) in [6.45, 7) is 9.83. The van der Waals surface area contributed by atoms with Crippen molar-refractivity contribution in [2.75, 3.05) is 46.3 Å². The van der Waals surface area contributed by atoms with Gasteiger partial charge in [-0.05, 0) is 69.4 Å². The van der Waals surface area contributed by atoms with Gasteiger partial charge in [0, 0.05) is 33.2 Å². The van der Waals surface area contributed by atoms with Gasteiger partial charge in [0.2, 0.25) is 0 Å². The first-order valence-electron chi connectivity index (χ1n) is 10.4. The molecule has 3 atom stereocenters. The molecule has 3 aliphatic rings. The molecule has 138 valence electrons. The van der Waals surface area contributed by atoms with Crippen LogP contribution in [0.4, 0.5) is 0 Å². The molecule has 2 aliphatic heterocycles. The van der Waals surface area contributed by atoms with Crippen molar-refractivity contribution < 1.29 is 0 Å². The Bertz CT molecular complexity index is 394. The van der Waals surface area contributed by atoms with Crippen molar-refractivity contribution in [1.82, 2.24) is 15.1 Å². The van der Waals surface area contributed by atoms with Crippen molar-refractivity contribution in [3.63, 3.8) is 0 Å². The lowest BCUT2D eigenvalue weighted by atomic mass is 9.82. The van der Waals surface area contributed by atoms with E-state index in [0.717, 1.165) is 30.3 Å². The van der Waals surface area contributed by atoms with Crippen molar-refractivity contribution in [3.8, 4) is 0 Å². The second-order valence-electron chi connectivity index (χ2n) is 8.44. The fraction of sp³-hybridized carbons (Fsp3) is 0.950. The number of hydrogen-bond donors (Lipinski definition) is 1. The summed E-state index contributed by atoms with van der Waals surface area (Å²) in [5, 5.41) is 3.62. The van der Waals surface area contributed by atoms with E-state index >= 15 is 0 Å². The van der Waals surface area contributed by atoms with Crippen LogP contribution in [0, 0.1) is 17.8 Å². The minimum atomic E-state index is 0.898. The Balaban J connectivity index is 1.32. The van der Waals surface area contributed by atoms with Crippen molar-refractivity contribution >= 4 is 5.96 Å². The van der Waals surface area contributed by atoms with Gasteiger partial charge in [-0.25, -0.2) is 0 Å². The number of nitrogens with zero attached hydrogens (tertiary/aromatic N) is 3. The number of guanidine groups is 1. The van der Waals surface area contributed by atoms with Crippen LogP contribution in [0.1, 0.15) is 58.3 Å². The first kappa shape index (κ1) is 18.0. The summed E-state index contributed by atoms with van der Waals surface area (Å²) in [6, 6.07) is 0. The molecule has 0 radical (unpaired) electrons. The zero-order valence-electron chi connectivity index (χ0n) is 16.0. The monoisotopic (exact) mass is 334 g/mol. The number of aliphatic imine (C=N–C) groups is 1. The predicted molar refractivity (Wildman–Crippen MR) is 102 cm³/mol. The average Bonchev–Trinajstić information content (AvgIpc) is 3.02. The molecule has 0 aromatic rings. The van der Waals surface area contributed by atoms with E-state index < -0.39 is 0 Å². The van der Waals surface area contributed by atoms with Crippen molar-refractivity contribution in [1.29, 1.82) is 0 Å². The maximum absolute atomic E-state index is 4.55. The molecule has 3 unspecified atom stereocenters. The van der Waals surface area contributed by atoms with Gasteiger partial charge in [0.25, 0.3) is 0 Å². The molecule has 4 nitrogen and oxygen atoms in total. The van der Waals surface area contributed by atoms with E-state index in [9.17, 15) is 0 Å². The Morgan fingerprint density at radius 1 is 1.00 bits per heavy atom. The summed E-state index contributed by atoms with van der Waals surface area (Å²) < 4.78 is 0. The van der Waals surface area contributed by atoms with Gasteiger partial charge in [-0.15, -0.1) is 0 Å². The van der Waals surface area contributed by atoms with Crippen LogP contribution in [0.15, 0.2) is 4.99 Å². The quantitative estimate of drug-likeness (QED) is 0.476. The highest BCUT2D eigenvalue weighted by Gasteiger charge is 2.35. The normalized spacial score (nSPS) is 32.0. The Labute approximate surface area is 149 Å². The Morgan fingerprint density at radius 2 is 1.75 bits per heavy atom. The van der Waals surface area contributed by atoms with E-state index in [1.54, 1.807) is 0 Å². The van der Waals surface area contributed by atoms with Crippen LogP contribution in [0.5, 0.6) is 0 Å². The third kappa shape index (κ3) is 4.87. The number of likely N-dealkylation sites (tertiary alicyclic amines) is 2. The fourth-order valence-electron chi connectivity index (χ4n) is 5.06. The van der Waals surface area contributed by atoms with Gasteiger partial charge in [0.15, 0.2) is 5.96 Å². The van der Waals surface area contributed by atoms with E-state index in [1.165, 1.54) is 84.1 Å². The molecule has 0 spiro atoms. The maximum Gasteiger partial charge on any atom is 0.193 e. The van der Waals surface area contributed by atoms with Gasteiger partial charge in [-0.2, -0.15) is 0 Å². The fourth-order valence-corrected chi connectivity index (χ4v) is 5.06. The smallest absolute Gasteiger partial charge is 0.193 e. The summed E-state index contributed by atoms with van der Waals surface area (Å²) in [4.78, 5) is 9.73. The molecular weight excluding hydrogens is 296 g/mol. The number of fused-ring (bicyclic) bond motifs is 1. The molecule has 0 aromatic heterocycles. The van der Waals surface area contributed by atoms with Gasteiger partial charge < -0.3 is 15.1 Å². The standard InChI is InChI=1S/C20H38N4/c1-17-8-7-13-23(14-17)12-6-5-11-22-20(21-2)24-15-18-9-3-4-10-19(18)16-24/h17-19H,3-16H2,1-2H3,(H,21,22). The molecule has 2 heterocycles. The lowest BCUT2D eigenvalue weighted by Gasteiger charge is -2.30. The van der Waals surface area contributed by atoms with Crippen LogP contribution in [0.3, 0.4) is 0 Å². The third-order valence-corrected chi connectivity index (χ3v) is 6.41. The van der Waals surface area contributed by atoms with Gasteiger partial charge in [0.05, 0.1) is 0 Å². The second-order valence-corrected chi connectivity index (χ2v) is 8.44. The lowest BCUT2D eigenvalue weighted by Crippen LogP contribution is -2.41. The van der Waals surface area contributed by atoms with Gasteiger partial charge >= 0.3 is 0 Å². The number of piperidine rings is 1. The van der Waals surface area contributed by atoms with Crippen molar-refractivity contribution in [2.45, 2.75) is 58.3 Å². The highest BCUT2D eigenvalue weighted by atomic mass is 15.3. The highest BCUT2D eigenvalue weighted by Crippen LogP contribution is 2.35. The number of nitrogens with one attached hydrogen (secondary N) is 1. The summed E-state index contributed by atoms with van der Waals surface area (Å²) in [5.74, 6) is 3.90. The van der Waals surface area contributed by atoms with Crippen LogP contribution >= 0.6 is 0 Å². The van der Waals surface area contributed by atoms with E-state index in [0.29, 0.717) is 0 Å². The molecule has 0 bridgehead atoms. The molecule has 24 heavy (non-hydrogen) atoms. The molecule has 1 aliphatic carbocycles. The Hall–Kier alpha value is -0.770. The zero-order chi connectivity index (χ0) is 16.8. The number of hydrogen-bond acceptors (Lipinski definition) is 2. The van der Waals surface area contributed by atoms with E-state index in [1.807, 2.05) is 7.05 Å². The Kier molecular flexibility index (Phi) is 6.82. The molecule has 4 heteroatoms. The minimum Gasteiger partial charge on any atom is -0.356 e. The van der Waals surface area contributed by atoms with Crippen LogP contribution in [0.25, 0.3) is 0 Å². The lowest BCUT2D eigenvalue weighted by molar-refractivity contribution is 0.181. The van der Waals surface area contributed by atoms with Gasteiger partial charge in [-0.1, -0.05) is 19.8 Å². The number of rotatable bonds is 5. The third-order valence-electron chi connectivity index (χ3n) is 6.41. The predicted octanol–water partition coefficient (Wildman–Crippen LogP) is 3.20. The van der Waals surface area contributed by atoms with Gasteiger partial charge in [-0.3, -0.25) is 4.99 Å². The van der Waals surface area contributed by atoms with E-state index in [-0.39, 0.29) is 0 Å². The van der Waals surface area contributed by atoms with E-state index in [2.05, 4.69) is 27.0 Å². The molecule has 0 aromatic carbocycles. The Morgan fingerprint density at radius 3 is 2.42 bits per heavy atom. The average molecular weight is 335 g/mol. The largest absolute Gasteiger partial charge is 0.356 e. The molecule has 3 fully saturated rings. The molecule has 2 saturated heterocycles. The molecule has 0 amide bonds. The highest BCUT2D eigenvalue weighted by molar-refractivity contribution is 5.80. The second kappa shape index (κ2) is 9.07. The summed E-state index contributed by atoms with van der Waals surface area (Å²) in [5.41, 5.74) is 0. The van der Waals surface area contributed by atoms with Crippen LogP contribution in [-0.4, -0.2) is 62.1 Å². The molecule has 3 rings (SSSR count). The SMILES string of the molecule is CN=C(NCCCCN1CCCC(C)C1)N1CC2CCCCC2C1.